The molecule has 4 heteroatoms. The maximum absolute atomic E-state index is 11.5. The number of hydrogen-bond donors (Lipinski definition) is 1. The van der Waals surface area contributed by atoms with Gasteiger partial charge in [0.1, 0.15) is 5.75 Å². The van der Waals surface area contributed by atoms with Crippen LogP contribution in [0, 0.1) is 6.92 Å². The number of carbonyl (C=O) groups excluding carboxylic acids is 1. The molecular weight excluding hydrogens is 242 g/mol. The molecule has 0 aliphatic heterocycles. The third-order valence-corrected chi connectivity index (χ3v) is 2.55. The van der Waals surface area contributed by atoms with Gasteiger partial charge in [-0.15, -0.1) is 6.58 Å². The monoisotopic (exact) mass is 263 g/mol. The number of aryl methyl sites for hydroxylation is 1. The zero-order valence-electron chi connectivity index (χ0n) is 11.7. The van der Waals surface area contributed by atoms with Crippen molar-refractivity contribution in [1.82, 2.24) is 0 Å². The highest BCUT2D eigenvalue weighted by Gasteiger charge is 2.16. The standard InChI is InChI=1S/C15H21NO3/c1-5-9-16-13-7-8-14(11(3)10-13)19-12(4)15(17)18-6-2/h5,7-8,10,12,16H,1,6,9H2,2-4H3. The summed E-state index contributed by atoms with van der Waals surface area (Å²) < 4.78 is 10.5. The molecule has 0 saturated carbocycles. The number of hydrogen-bond acceptors (Lipinski definition) is 4. The summed E-state index contributed by atoms with van der Waals surface area (Å²) in [5, 5.41) is 3.19. The molecule has 0 bridgehead atoms. The highest BCUT2D eigenvalue weighted by molar-refractivity contribution is 5.74. The molecule has 1 unspecified atom stereocenters. The lowest BCUT2D eigenvalue weighted by molar-refractivity contribution is -0.150. The van der Waals surface area contributed by atoms with Gasteiger partial charge in [-0.25, -0.2) is 4.79 Å². The van der Waals surface area contributed by atoms with Gasteiger partial charge in [-0.2, -0.15) is 0 Å². The van der Waals surface area contributed by atoms with Crippen LogP contribution in [0.2, 0.25) is 0 Å². The van der Waals surface area contributed by atoms with Gasteiger partial charge in [0, 0.05) is 12.2 Å². The summed E-state index contributed by atoms with van der Waals surface area (Å²) in [6.07, 6.45) is 1.19. The van der Waals surface area contributed by atoms with Crippen molar-refractivity contribution >= 4 is 11.7 Å². The third-order valence-electron chi connectivity index (χ3n) is 2.55. The summed E-state index contributed by atoms with van der Waals surface area (Å²) in [4.78, 5) is 11.5. The maximum Gasteiger partial charge on any atom is 0.347 e. The van der Waals surface area contributed by atoms with Crippen LogP contribution in [0.15, 0.2) is 30.9 Å². The molecule has 0 heterocycles. The van der Waals surface area contributed by atoms with Crippen molar-refractivity contribution in [1.29, 1.82) is 0 Å². The van der Waals surface area contributed by atoms with E-state index in [0.29, 0.717) is 18.9 Å². The van der Waals surface area contributed by atoms with Crippen molar-refractivity contribution in [3.8, 4) is 5.75 Å². The molecule has 1 atom stereocenters. The lowest BCUT2D eigenvalue weighted by atomic mass is 10.2. The Kier molecular flexibility index (Phi) is 5.93. The second-order valence-corrected chi connectivity index (χ2v) is 4.16. The fourth-order valence-corrected chi connectivity index (χ4v) is 1.58. The average Bonchev–Trinajstić information content (AvgIpc) is 2.39. The summed E-state index contributed by atoms with van der Waals surface area (Å²) in [6.45, 7) is 10.1. The second kappa shape index (κ2) is 7.46. The quantitative estimate of drug-likeness (QED) is 0.607. The normalized spacial score (nSPS) is 11.5. The molecular formula is C15H21NO3. The number of rotatable bonds is 7. The van der Waals surface area contributed by atoms with Gasteiger partial charge < -0.3 is 14.8 Å². The number of anilines is 1. The molecule has 1 N–H and O–H groups in total. The predicted molar refractivity (Wildman–Crippen MR) is 76.6 cm³/mol. The van der Waals surface area contributed by atoms with Crippen molar-refractivity contribution < 1.29 is 14.3 Å². The number of carbonyl (C=O) groups is 1. The largest absolute Gasteiger partial charge is 0.479 e. The molecule has 19 heavy (non-hydrogen) atoms. The Morgan fingerprint density at radius 1 is 1.53 bits per heavy atom. The van der Waals surface area contributed by atoms with Gasteiger partial charge >= 0.3 is 5.97 Å². The van der Waals surface area contributed by atoms with Gasteiger partial charge in [0.2, 0.25) is 0 Å². The topological polar surface area (TPSA) is 47.6 Å². The molecule has 1 rings (SSSR count). The fraction of sp³-hybridized carbons (Fsp3) is 0.400. The van der Waals surface area contributed by atoms with E-state index in [9.17, 15) is 4.79 Å². The first-order valence-electron chi connectivity index (χ1n) is 6.37. The molecule has 0 radical (unpaired) electrons. The first-order valence-corrected chi connectivity index (χ1v) is 6.37. The Bertz CT molecular complexity index is 443. The molecule has 4 nitrogen and oxygen atoms in total. The molecule has 0 aromatic heterocycles. The first kappa shape index (κ1) is 15.1. The minimum absolute atomic E-state index is 0.351. The Morgan fingerprint density at radius 3 is 2.84 bits per heavy atom. The Labute approximate surface area is 114 Å². The Hall–Kier alpha value is -1.97. The van der Waals surface area contributed by atoms with Gasteiger partial charge in [0.05, 0.1) is 6.61 Å². The molecule has 0 amide bonds. The van der Waals surface area contributed by atoms with E-state index >= 15 is 0 Å². The Morgan fingerprint density at radius 2 is 2.26 bits per heavy atom. The van der Waals surface area contributed by atoms with Crippen molar-refractivity contribution in [3.63, 3.8) is 0 Å². The summed E-state index contributed by atoms with van der Waals surface area (Å²) in [5.74, 6) is 0.334. The van der Waals surface area contributed by atoms with Crippen molar-refractivity contribution in [2.45, 2.75) is 26.9 Å². The van der Waals surface area contributed by atoms with Gasteiger partial charge in [0.25, 0.3) is 0 Å². The van der Waals surface area contributed by atoms with E-state index in [1.807, 2.05) is 25.1 Å². The molecule has 0 aliphatic carbocycles. The lowest BCUT2D eigenvalue weighted by Gasteiger charge is -2.16. The van der Waals surface area contributed by atoms with Gasteiger partial charge in [-0.05, 0) is 44.5 Å². The molecule has 0 aliphatic rings. The third kappa shape index (κ3) is 4.66. The minimum atomic E-state index is -0.606. The van der Waals surface area contributed by atoms with Crippen LogP contribution in [0.1, 0.15) is 19.4 Å². The van der Waals surface area contributed by atoms with Crippen LogP contribution in [-0.4, -0.2) is 25.2 Å². The van der Waals surface area contributed by atoms with E-state index in [0.717, 1.165) is 11.3 Å². The van der Waals surface area contributed by atoms with Crippen LogP contribution in [-0.2, 0) is 9.53 Å². The SMILES string of the molecule is C=CCNc1ccc(OC(C)C(=O)OCC)c(C)c1. The molecule has 1 aromatic carbocycles. The van der Waals surface area contributed by atoms with Crippen LogP contribution < -0.4 is 10.1 Å². The summed E-state index contributed by atoms with van der Waals surface area (Å²) in [7, 11) is 0. The zero-order chi connectivity index (χ0) is 14.3. The summed E-state index contributed by atoms with van der Waals surface area (Å²) in [6, 6.07) is 5.72. The summed E-state index contributed by atoms with van der Waals surface area (Å²) >= 11 is 0. The zero-order valence-corrected chi connectivity index (χ0v) is 11.7. The highest BCUT2D eigenvalue weighted by atomic mass is 16.6. The van der Waals surface area contributed by atoms with Crippen molar-refractivity contribution in [2.24, 2.45) is 0 Å². The van der Waals surface area contributed by atoms with E-state index in [1.54, 1.807) is 19.9 Å². The van der Waals surface area contributed by atoms with E-state index in [-0.39, 0.29) is 5.97 Å². The predicted octanol–water partition coefficient (Wildman–Crippen LogP) is 2.92. The number of nitrogens with one attached hydrogen (secondary N) is 1. The van der Waals surface area contributed by atoms with Crippen LogP contribution in [0.4, 0.5) is 5.69 Å². The second-order valence-electron chi connectivity index (χ2n) is 4.16. The van der Waals surface area contributed by atoms with Gasteiger partial charge in [0.15, 0.2) is 6.10 Å². The molecule has 0 saturated heterocycles. The average molecular weight is 263 g/mol. The van der Waals surface area contributed by atoms with Crippen LogP contribution in [0.25, 0.3) is 0 Å². The van der Waals surface area contributed by atoms with E-state index in [1.165, 1.54) is 0 Å². The van der Waals surface area contributed by atoms with Crippen LogP contribution in [0.3, 0.4) is 0 Å². The van der Waals surface area contributed by atoms with Gasteiger partial charge in [-0.3, -0.25) is 0 Å². The highest BCUT2D eigenvalue weighted by Crippen LogP contribution is 2.23. The number of ether oxygens (including phenoxy) is 2. The van der Waals surface area contributed by atoms with E-state index in [2.05, 4.69) is 11.9 Å². The first-order chi connectivity index (χ1) is 9.08. The number of esters is 1. The number of benzene rings is 1. The maximum atomic E-state index is 11.5. The molecule has 1 aromatic rings. The van der Waals surface area contributed by atoms with E-state index < -0.39 is 6.10 Å². The summed E-state index contributed by atoms with van der Waals surface area (Å²) in [5.41, 5.74) is 1.96. The minimum Gasteiger partial charge on any atom is -0.479 e. The van der Waals surface area contributed by atoms with Crippen LogP contribution in [0.5, 0.6) is 5.75 Å². The van der Waals surface area contributed by atoms with Crippen LogP contribution >= 0.6 is 0 Å². The molecule has 0 fully saturated rings. The smallest absolute Gasteiger partial charge is 0.347 e. The fourth-order valence-electron chi connectivity index (χ4n) is 1.58. The van der Waals surface area contributed by atoms with Crippen molar-refractivity contribution in [2.75, 3.05) is 18.5 Å². The van der Waals surface area contributed by atoms with Gasteiger partial charge in [-0.1, -0.05) is 6.08 Å². The van der Waals surface area contributed by atoms with E-state index in [4.69, 9.17) is 9.47 Å². The lowest BCUT2D eigenvalue weighted by Crippen LogP contribution is -2.26. The van der Waals surface area contributed by atoms with Crippen molar-refractivity contribution in [3.05, 3.63) is 36.4 Å². The molecule has 104 valence electrons. The molecule has 0 spiro atoms. The Balaban J connectivity index is 2.68.